The molecule has 9 nitrogen and oxygen atoms in total. The summed E-state index contributed by atoms with van der Waals surface area (Å²) in [5, 5.41) is 2.62. The molecule has 2 aliphatic rings. The fourth-order valence-electron chi connectivity index (χ4n) is 4.50. The molecule has 0 spiro atoms. The number of imide groups is 1. The number of carbonyl (C=O) groups is 4. The van der Waals surface area contributed by atoms with Crippen LogP contribution in [-0.4, -0.2) is 44.5 Å². The zero-order chi connectivity index (χ0) is 24.2. The molecule has 178 valence electrons. The summed E-state index contributed by atoms with van der Waals surface area (Å²) < 4.78 is 15.5. The number of methoxy groups -OCH3 is 2. The van der Waals surface area contributed by atoms with Crippen molar-refractivity contribution in [2.24, 2.45) is 11.8 Å². The molecule has 0 bridgehead atoms. The molecule has 2 aromatic carbocycles. The minimum atomic E-state index is -0.744. The Morgan fingerprint density at radius 1 is 0.971 bits per heavy atom. The molecule has 1 saturated carbocycles. The Labute approximate surface area is 197 Å². The second-order valence-electron chi connectivity index (χ2n) is 8.25. The smallest absolute Gasteiger partial charge is 0.338 e. The number of nitrogens with one attached hydrogen (secondary N) is 1. The van der Waals surface area contributed by atoms with E-state index in [1.165, 1.54) is 31.3 Å². The Bertz CT molecular complexity index is 1110. The number of rotatable bonds is 7. The maximum atomic E-state index is 12.8. The average molecular weight is 466 g/mol. The maximum Gasteiger partial charge on any atom is 0.338 e. The van der Waals surface area contributed by atoms with Crippen LogP contribution in [0, 0.1) is 11.8 Å². The van der Waals surface area contributed by atoms with E-state index in [2.05, 4.69) is 5.32 Å². The predicted octanol–water partition coefficient (Wildman–Crippen LogP) is 3.18. The largest absolute Gasteiger partial charge is 0.497 e. The van der Waals surface area contributed by atoms with Gasteiger partial charge in [0, 0.05) is 6.07 Å². The van der Waals surface area contributed by atoms with Gasteiger partial charge in [-0.1, -0.05) is 18.9 Å². The quantitative estimate of drug-likeness (QED) is 0.493. The van der Waals surface area contributed by atoms with Crippen molar-refractivity contribution in [3.8, 4) is 11.5 Å². The number of fused-ring (bicyclic) bond motifs is 1. The van der Waals surface area contributed by atoms with Crippen LogP contribution in [0.4, 0.5) is 11.4 Å². The van der Waals surface area contributed by atoms with E-state index in [1.807, 2.05) is 0 Å². The average Bonchev–Trinajstić information content (AvgIpc) is 3.12. The fraction of sp³-hybridized carbons (Fsp3) is 0.360. The van der Waals surface area contributed by atoms with Crippen LogP contribution in [0.25, 0.3) is 0 Å². The molecule has 2 fully saturated rings. The first-order chi connectivity index (χ1) is 16.4. The zero-order valence-corrected chi connectivity index (χ0v) is 19.0. The molecule has 1 heterocycles. The first-order valence-corrected chi connectivity index (χ1v) is 11.1. The van der Waals surface area contributed by atoms with E-state index in [-0.39, 0.29) is 29.2 Å². The summed E-state index contributed by atoms with van der Waals surface area (Å²) in [5.41, 5.74) is 0.849. The number of carbonyl (C=O) groups excluding carboxylic acids is 4. The monoisotopic (exact) mass is 466 g/mol. The number of benzene rings is 2. The van der Waals surface area contributed by atoms with Crippen molar-refractivity contribution in [1.82, 2.24) is 0 Å². The molecule has 0 unspecified atom stereocenters. The van der Waals surface area contributed by atoms with E-state index in [9.17, 15) is 19.2 Å². The molecular formula is C25H26N2O7. The van der Waals surface area contributed by atoms with Crippen molar-refractivity contribution < 1.29 is 33.4 Å². The Balaban J connectivity index is 1.41. The molecule has 3 amide bonds. The molecule has 0 aromatic heterocycles. The van der Waals surface area contributed by atoms with Crippen LogP contribution in [0.15, 0.2) is 42.5 Å². The van der Waals surface area contributed by atoms with Gasteiger partial charge in [0.25, 0.3) is 5.91 Å². The second-order valence-corrected chi connectivity index (χ2v) is 8.25. The normalized spacial score (nSPS) is 19.4. The van der Waals surface area contributed by atoms with E-state index in [0.717, 1.165) is 12.8 Å². The van der Waals surface area contributed by atoms with Crippen LogP contribution >= 0.6 is 0 Å². The predicted molar refractivity (Wildman–Crippen MR) is 123 cm³/mol. The highest BCUT2D eigenvalue weighted by atomic mass is 16.5. The molecule has 1 saturated heterocycles. The fourth-order valence-corrected chi connectivity index (χ4v) is 4.50. The lowest BCUT2D eigenvalue weighted by atomic mass is 9.81. The summed E-state index contributed by atoms with van der Waals surface area (Å²) in [6, 6.07) is 11.1. The van der Waals surface area contributed by atoms with Gasteiger partial charge in [0.1, 0.15) is 11.5 Å². The Kier molecular flexibility index (Phi) is 6.81. The summed E-state index contributed by atoms with van der Waals surface area (Å²) in [6.07, 6.45) is 3.29. The number of anilines is 2. The highest BCUT2D eigenvalue weighted by Gasteiger charge is 2.48. The first-order valence-electron chi connectivity index (χ1n) is 11.1. The van der Waals surface area contributed by atoms with E-state index in [1.54, 1.807) is 30.3 Å². The lowest BCUT2D eigenvalue weighted by Crippen LogP contribution is -2.31. The number of ether oxygens (including phenoxy) is 3. The topological polar surface area (TPSA) is 111 Å². The van der Waals surface area contributed by atoms with Crippen LogP contribution in [0.2, 0.25) is 0 Å². The summed E-state index contributed by atoms with van der Waals surface area (Å²) in [5.74, 6) is -1.36. The molecule has 2 atom stereocenters. The third-order valence-electron chi connectivity index (χ3n) is 6.20. The van der Waals surface area contributed by atoms with Gasteiger partial charge in [-0.05, 0) is 43.2 Å². The van der Waals surface area contributed by atoms with E-state index >= 15 is 0 Å². The lowest BCUT2D eigenvalue weighted by molar-refractivity contribution is -0.122. The third kappa shape index (κ3) is 4.59. The first kappa shape index (κ1) is 23.3. The van der Waals surface area contributed by atoms with E-state index in [0.29, 0.717) is 35.7 Å². The Hall–Kier alpha value is -3.88. The van der Waals surface area contributed by atoms with Gasteiger partial charge in [-0.2, -0.15) is 0 Å². The van der Waals surface area contributed by atoms with Gasteiger partial charge in [-0.3, -0.25) is 19.3 Å². The van der Waals surface area contributed by atoms with Crippen molar-refractivity contribution in [2.75, 3.05) is 31.0 Å². The number of hydrogen-bond acceptors (Lipinski definition) is 7. The molecular weight excluding hydrogens is 440 g/mol. The molecule has 34 heavy (non-hydrogen) atoms. The van der Waals surface area contributed by atoms with Gasteiger partial charge in [-0.15, -0.1) is 0 Å². The number of amides is 3. The van der Waals surface area contributed by atoms with Gasteiger partial charge in [0.2, 0.25) is 11.8 Å². The summed E-state index contributed by atoms with van der Waals surface area (Å²) in [4.78, 5) is 51.8. The van der Waals surface area contributed by atoms with Crippen LogP contribution in [-0.2, 0) is 19.1 Å². The minimum Gasteiger partial charge on any atom is -0.497 e. The summed E-state index contributed by atoms with van der Waals surface area (Å²) >= 11 is 0. The zero-order valence-electron chi connectivity index (χ0n) is 19.0. The van der Waals surface area contributed by atoms with Gasteiger partial charge in [0.05, 0.1) is 43.0 Å². The molecule has 2 aromatic rings. The molecule has 0 radical (unpaired) electrons. The Morgan fingerprint density at radius 2 is 1.68 bits per heavy atom. The molecule has 1 N–H and O–H groups in total. The number of nitrogens with zero attached hydrogens (tertiary/aromatic N) is 1. The summed E-state index contributed by atoms with van der Waals surface area (Å²) in [6.45, 7) is -0.533. The SMILES string of the molecule is COc1ccc(OC)c(NC(=O)COC(=O)c2cccc(N3C(=O)[C@@H]4CCCC[C@H]4C3=O)c2)c1. The standard InChI is InChI=1S/C25H26N2O7/c1-32-17-10-11-21(33-2)20(13-17)26-22(28)14-34-25(31)15-6-5-7-16(12-15)27-23(29)18-8-3-4-9-19(18)24(27)30/h5-7,10-13,18-19H,3-4,8-9,14H2,1-2H3,(H,26,28)/t18-,19-/m1/s1. The molecule has 1 aliphatic heterocycles. The van der Waals surface area contributed by atoms with Gasteiger partial charge >= 0.3 is 5.97 Å². The third-order valence-corrected chi connectivity index (χ3v) is 6.20. The van der Waals surface area contributed by atoms with Gasteiger partial charge in [0.15, 0.2) is 6.61 Å². The van der Waals surface area contributed by atoms with E-state index in [4.69, 9.17) is 14.2 Å². The van der Waals surface area contributed by atoms with Gasteiger partial charge < -0.3 is 19.5 Å². The summed E-state index contributed by atoms with van der Waals surface area (Å²) in [7, 11) is 2.97. The van der Waals surface area contributed by atoms with Crippen LogP contribution in [0.3, 0.4) is 0 Å². The Morgan fingerprint density at radius 3 is 2.32 bits per heavy atom. The van der Waals surface area contributed by atoms with Crippen molar-refractivity contribution >= 4 is 35.1 Å². The number of esters is 1. The van der Waals surface area contributed by atoms with Crippen molar-refractivity contribution in [3.05, 3.63) is 48.0 Å². The number of hydrogen-bond donors (Lipinski definition) is 1. The lowest BCUT2D eigenvalue weighted by Gasteiger charge is -2.19. The molecule has 9 heteroatoms. The second kappa shape index (κ2) is 9.94. The highest BCUT2D eigenvalue weighted by Crippen LogP contribution is 2.40. The van der Waals surface area contributed by atoms with Crippen molar-refractivity contribution in [3.63, 3.8) is 0 Å². The van der Waals surface area contributed by atoms with E-state index < -0.39 is 18.5 Å². The maximum absolute atomic E-state index is 12.8. The molecule has 4 rings (SSSR count). The van der Waals surface area contributed by atoms with Crippen molar-refractivity contribution in [1.29, 1.82) is 0 Å². The highest BCUT2D eigenvalue weighted by molar-refractivity contribution is 6.22. The van der Waals surface area contributed by atoms with Crippen LogP contribution in [0.1, 0.15) is 36.0 Å². The van der Waals surface area contributed by atoms with Crippen molar-refractivity contribution in [2.45, 2.75) is 25.7 Å². The molecule has 1 aliphatic carbocycles. The van der Waals surface area contributed by atoms with Crippen LogP contribution < -0.4 is 19.7 Å². The van der Waals surface area contributed by atoms with Crippen LogP contribution in [0.5, 0.6) is 11.5 Å². The van der Waals surface area contributed by atoms with Gasteiger partial charge in [-0.25, -0.2) is 4.79 Å². The minimum absolute atomic E-state index is 0.139.